The van der Waals surface area contributed by atoms with Gasteiger partial charge in [0.15, 0.2) is 0 Å². The predicted molar refractivity (Wildman–Crippen MR) is 70.4 cm³/mol. The van der Waals surface area contributed by atoms with Gasteiger partial charge < -0.3 is 14.7 Å². The number of ether oxygens (including phenoxy) is 1. The van der Waals surface area contributed by atoms with Crippen molar-refractivity contribution in [2.75, 3.05) is 19.1 Å². The smallest absolute Gasteiger partial charge is 0.339 e. The molecular weight excluding hydrogens is 248 g/mol. The summed E-state index contributed by atoms with van der Waals surface area (Å²) in [5.41, 5.74) is -0.225. The van der Waals surface area contributed by atoms with E-state index in [0.717, 1.165) is 0 Å². The first kappa shape index (κ1) is 14.9. The Morgan fingerprint density at radius 2 is 1.95 bits per heavy atom. The molecule has 104 valence electrons. The van der Waals surface area contributed by atoms with Crippen LogP contribution >= 0.6 is 0 Å². The number of nitrogens with zero attached hydrogens (tertiary/aromatic N) is 2. The molecule has 0 aliphatic carbocycles. The zero-order chi connectivity index (χ0) is 14.8. The highest BCUT2D eigenvalue weighted by molar-refractivity contribution is 5.90. The molecule has 0 saturated heterocycles. The molecule has 0 bridgehead atoms. The number of carbonyl (C=O) groups excluding carboxylic acids is 1. The number of aromatic nitrogens is 1. The van der Waals surface area contributed by atoms with Gasteiger partial charge >= 0.3 is 11.9 Å². The zero-order valence-corrected chi connectivity index (χ0v) is 11.7. The first-order valence-corrected chi connectivity index (χ1v) is 5.75. The highest BCUT2D eigenvalue weighted by Crippen LogP contribution is 2.22. The van der Waals surface area contributed by atoms with Crippen LogP contribution in [0.2, 0.25) is 0 Å². The minimum Gasteiger partial charge on any atom is -0.480 e. The number of anilines is 1. The lowest BCUT2D eigenvalue weighted by Gasteiger charge is -2.32. The van der Waals surface area contributed by atoms with Crippen LogP contribution in [0.25, 0.3) is 0 Å². The van der Waals surface area contributed by atoms with E-state index >= 15 is 0 Å². The van der Waals surface area contributed by atoms with Crippen molar-refractivity contribution in [2.24, 2.45) is 0 Å². The van der Waals surface area contributed by atoms with Crippen LogP contribution in [0.5, 0.6) is 0 Å². The normalized spacial score (nSPS) is 11.0. The number of hydrogen-bond acceptors (Lipinski definition) is 5. The average molecular weight is 266 g/mol. The molecule has 1 aromatic rings. The lowest BCUT2D eigenvalue weighted by molar-refractivity contribution is -0.142. The Kier molecular flexibility index (Phi) is 4.14. The third-order valence-electron chi connectivity index (χ3n) is 3.18. The van der Waals surface area contributed by atoms with Crippen LogP contribution in [0.3, 0.4) is 0 Å². The molecule has 0 aliphatic heterocycles. The van der Waals surface area contributed by atoms with Crippen molar-refractivity contribution in [2.45, 2.75) is 26.3 Å². The van der Waals surface area contributed by atoms with Crippen LogP contribution in [0, 0.1) is 6.92 Å². The van der Waals surface area contributed by atoms with Gasteiger partial charge in [0.25, 0.3) is 0 Å². The van der Waals surface area contributed by atoms with Crippen molar-refractivity contribution in [1.29, 1.82) is 0 Å². The minimum atomic E-state index is -1.09. The van der Waals surface area contributed by atoms with E-state index in [9.17, 15) is 14.7 Å². The van der Waals surface area contributed by atoms with Crippen molar-refractivity contribution in [3.05, 3.63) is 23.4 Å². The number of carboxylic acid groups (broad SMARTS) is 1. The lowest BCUT2D eigenvalue weighted by Crippen LogP contribution is -2.48. The van der Waals surface area contributed by atoms with Crippen molar-refractivity contribution < 1.29 is 19.4 Å². The molecule has 0 aromatic carbocycles. The SMILES string of the molecule is COC(=O)c1ccc(N(C)C(C)(C)C(=O)O)nc1C. The van der Waals surface area contributed by atoms with Crippen LogP contribution in [-0.4, -0.2) is 41.7 Å². The molecule has 0 aliphatic rings. The highest BCUT2D eigenvalue weighted by atomic mass is 16.5. The van der Waals surface area contributed by atoms with Gasteiger partial charge in [-0.2, -0.15) is 0 Å². The van der Waals surface area contributed by atoms with E-state index in [0.29, 0.717) is 17.1 Å². The average Bonchev–Trinajstić information content (AvgIpc) is 2.36. The number of hydrogen-bond donors (Lipinski definition) is 1. The third kappa shape index (κ3) is 2.83. The van der Waals surface area contributed by atoms with Gasteiger partial charge in [-0.1, -0.05) is 0 Å². The maximum atomic E-state index is 11.5. The summed E-state index contributed by atoms with van der Waals surface area (Å²) in [7, 11) is 2.95. The fraction of sp³-hybridized carbons (Fsp3) is 0.462. The minimum absolute atomic E-state index is 0.368. The molecule has 0 fully saturated rings. The Balaban J connectivity index is 3.15. The van der Waals surface area contributed by atoms with E-state index in [1.807, 2.05) is 0 Å². The summed E-state index contributed by atoms with van der Waals surface area (Å²) in [5, 5.41) is 9.18. The fourth-order valence-electron chi connectivity index (χ4n) is 1.49. The summed E-state index contributed by atoms with van der Waals surface area (Å²) in [6.45, 7) is 4.85. The molecule has 0 amide bonds. The van der Waals surface area contributed by atoms with Gasteiger partial charge in [0.1, 0.15) is 11.4 Å². The van der Waals surface area contributed by atoms with Crippen LogP contribution in [-0.2, 0) is 9.53 Å². The van der Waals surface area contributed by atoms with Gasteiger partial charge in [-0.25, -0.2) is 14.6 Å². The molecule has 0 saturated carbocycles. The second kappa shape index (κ2) is 5.26. The van der Waals surface area contributed by atoms with E-state index in [4.69, 9.17) is 0 Å². The number of aliphatic carboxylic acids is 1. The van der Waals surface area contributed by atoms with Crippen LogP contribution in [0.4, 0.5) is 5.82 Å². The van der Waals surface area contributed by atoms with Crippen molar-refractivity contribution in [3.63, 3.8) is 0 Å². The highest BCUT2D eigenvalue weighted by Gasteiger charge is 2.33. The number of carbonyl (C=O) groups is 2. The first-order valence-electron chi connectivity index (χ1n) is 5.75. The summed E-state index contributed by atoms with van der Waals surface area (Å²) in [6, 6.07) is 3.18. The summed E-state index contributed by atoms with van der Waals surface area (Å²) in [6.07, 6.45) is 0. The molecule has 1 N–H and O–H groups in total. The molecule has 1 aromatic heterocycles. The molecule has 0 unspecified atom stereocenters. The lowest BCUT2D eigenvalue weighted by atomic mass is 10.0. The quantitative estimate of drug-likeness (QED) is 0.831. The molecule has 19 heavy (non-hydrogen) atoms. The van der Waals surface area contributed by atoms with Crippen LogP contribution < -0.4 is 4.90 Å². The van der Waals surface area contributed by atoms with E-state index in [1.54, 1.807) is 44.9 Å². The summed E-state index contributed by atoms with van der Waals surface area (Å²) >= 11 is 0. The van der Waals surface area contributed by atoms with Gasteiger partial charge in [0.2, 0.25) is 0 Å². The topological polar surface area (TPSA) is 79.7 Å². The molecule has 0 atom stereocenters. The van der Waals surface area contributed by atoms with Crippen LogP contribution in [0.1, 0.15) is 29.9 Å². The Morgan fingerprint density at radius 1 is 1.37 bits per heavy atom. The molecule has 1 heterocycles. The van der Waals surface area contributed by atoms with E-state index in [1.165, 1.54) is 7.11 Å². The van der Waals surface area contributed by atoms with Gasteiger partial charge in [-0.15, -0.1) is 0 Å². The standard InChI is InChI=1S/C13H18N2O4/c1-8-9(11(16)19-5)6-7-10(14-8)15(4)13(2,3)12(17)18/h6-7H,1-5H3,(H,17,18). The number of likely N-dealkylation sites (N-methyl/N-ethyl adjacent to an activating group) is 1. The Morgan fingerprint density at radius 3 is 2.37 bits per heavy atom. The predicted octanol–water partition coefficient (Wildman–Crippen LogP) is 1.48. The van der Waals surface area contributed by atoms with E-state index in [-0.39, 0.29) is 0 Å². The van der Waals surface area contributed by atoms with Gasteiger partial charge in [0, 0.05) is 7.05 Å². The molecule has 0 spiro atoms. The number of methoxy groups -OCH3 is 1. The Hall–Kier alpha value is -2.11. The first-order chi connectivity index (χ1) is 8.71. The third-order valence-corrected chi connectivity index (χ3v) is 3.18. The second-order valence-corrected chi connectivity index (χ2v) is 4.72. The largest absolute Gasteiger partial charge is 0.480 e. The molecule has 0 radical (unpaired) electrons. The second-order valence-electron chi connectivity index (χ2n) is 4.72. The molecule has 1 rings (SSSR count). The number of pyridine rings is 1. The summed E-state index contributed by atoms with van der Waals surface area (Å²) < 4.78 is 4.64. The monoisotopic (exact) mass is 266 g/mol. The Bertz CT molecular complexity index is 511. The van der Waals surface area contributed by atoms with Gasteiger partial charge in [-0.05, 0) is 32.9 Å². The fourth-order valence-corrected chi connectivity index (χ4v) is 1.49. The van der Waals surface area contributed by atoms with Gasteiger partial charge in [-0.3, -0.25) is 0 Å². The maximum Gasteiger partial charge on any atom is 0.339 e. The Labute approximate surface area is 112 Å². The zero-order valence-electron chi connectivity index (χ0n) is 11.7. The molecular formula is C13H18N2O4. The van der Waals surface area contributed by atoms with Crippen molar-refractivity contribution in [1.82, 2.24) is 4.98 Å². The van der Waals surface area contributed by atoms with Crippen LogP contribution in [0.15, 0.2) is 12.1 Å². The van der Waals surface area contributed by atoms with Crippen molar-refractivity contribution in [3.8, 4) is 0 Å². The van der Waals surface area contributed by atoms with Gasteiger partial charge in [0.05, 0.1) is 18.4 Å². The molecule has 6 heteroatoms. The maximum absolute atomic E-state index is 11.5. The van der Waals surface area contributed by atoms with E-state index < -0.39 is 17.5 Å². The van der Waals surface area contributed by atoms with Crippen molar-refractivity contribution >= 4 is 17.8 Å². The number of aryl methyl sites for hydroxylation is 1. The number of esters is 1. The number of carboxylic acids is 1. The summed E-state index contributed by atoms with van der Waals surface area (Å²) in [4.78, 5) is 28.4. The molecule has 6 nitrogen and oxygen atoms in total. The van der Waals surface area contributed by atoms with E-state index in [2.05, 4.69) is 9.72 Å². The summed E-state index contributed by atoms with van der Waals surface area (Å²) in [5.74, 6) is -0.930. The number of rotatable bonds is 4.